The molecule has 0 aliphatic carbocycles. The summed E-state index contributed by atoms with van der Waals surface area (Å²) in [6.07, 6.45) is 9.72. The molecule has 20 heavy (non-hydrogen) atoms. The summed E-state index contributed by atoms with van der Waals surface area (Å²) in [5.41, 5.74) is 1.64. The first-order valence-corrected chi connectivity index (χ1v) is 8.27. The van der Waals surface area contributed by atoms with Gasteiger partial charge in [0.1, 0.15) is 0 Å². The fraction of sp³-hybridized carbons (Fsp3) is 0.900. The second-order valence-corrected chi connectivity index (χ2v) is 10.7. The van der Waals surface area contributed by atoms with E-state index in [4.69, 9.17) is 0 Å². The molecule has 0 aromatic rings. The van der Waals surface area contributed by atoms with Crippen molar-refractivity contribution in [2.45, 2.75) is 94.9 Å². The van der Waals surface area contributed by atoms with E-state index in [0.717, 1.165) is 0 Å². The molecule has 0 fully saturated rings. The van der Waals surface area contributed by atoms with Crippen molar-refractivity contribution in [1.29, 1.82) is 0 Å². The van der Waals surface area contributed by atoms with Crippen LogP contribution in [-0.4, -0.2) is 0 Å². The molecule has 0 aromatic carbocycles. The molecule has 0 nitrogen and oxygen atoms in total. The zero-order chi connectivity index (χ0) is 16.2. The third-order valence-electron chi connectivity index (χ3n) is 3.53. The van der Waals surface area contributed by atoms with Gasteiger partial charge in [0, 0.05) is 0 Å². The predicted molar refractivity (Wildman–Crippen MR) is 94.1 cm³/mol. The van der Waals surface area contributed by atoms with E-state index < -0.39 is 0 Å². The molecule has 0 aliphatic rings. The van der Waals surface area contributed by atoms with Crippen LogP contribution in [0.15, 0.2) is 12.2 Å². The lowest BCUT2D eigenvalue weighted by Crippen LogP contribution is -2.27. The zero-order valence-corrected chi connectivity index (χ0v) is 16.0. The van der Waals surface area contributed by atoms with Crippen molar-refractivity contribution in [3.63, 3.8) is 0 Å². The van der Waals surface area contributed by atoms with E-state index in [1.807, 2.05) is 0 Å². The molecule has 0 saturated heterocycles. The normalized spacial score (nSPS) is 15.1. The Kier molecular flexibility index (Phi) is 6.58. The van der Waals surface area contributed by atoms with E-state index in [0.29, 0.717) is 21.7 Å². The highest BCUT2D eigenvalue weighted by Crippen LogP contribution is 2.43. The summed E-state index contributed by atoms with van der Waals surface area (Å²) in [4.78, 5) is 0. The van der Waals surface area contributed by atoms with Crippen LogP contribution in [0.25, 0.3) is 0 Å². The number of rotatable bonds is 6. The molecule has 0 spiro atoms. The quantitative estimate of drug-likeness (QED) is 0.449. The second-order valence-electron chi connectivity index (χ2n) is 10.7. The van der Waals surface area contributed by atoms with Crippen LogP contribution in [0.4, 0.5) is 0 Å². The lowest BCUT2D eigenvalue weighted by atomic mass is 9.67. The second kappa shape index (κ2) is 6.67. The predicted octanol–water partition coefficient (Wildman–Crippen LogP) is 7.25. The maximum atomic E-state index is 2.43. The highest BCUT2D eigenvalue weighted by atomic mass is 14.4. The van der Waals surface area contributed by atoms with Gasteiger partial charge in [0.2, 0.25) is 0 Å². The summed E-state index contributed by atoms with van der Waals surface area (Å²) in [5.74, 6) is 0. The van der Waals surface area contributed by atoms with Crippen LogP contribution in [0.3, 0.4) is 0 Å². The van der Waals surface area contributed by atoms with Crippen molar-refractivity contribution in [2.24, 2.45) is 21.7 Å². The molecule has 0 unspecified atom stereocenters. The summed E-state index contributed by atoms with van der Waals surface area (Å²) >= 11 is 0. The molecule has 0 atom stereocenters. The van der Waals surface area contributed by atoms with Crippen LogP contribution in [0.1, 0.15) is 94.9 Å². The molecule has 0 N–H and O–H groups in total. The van der Waals surface area contributed by atoms with E-state index in [-0.39, 0.29) is 0 Å². The number of allylic oxidation sites excluding steroid dienone is 2. The third kappa shape index (κ3) is 11.6. The van der Waals surface area contributed by atoms with E-state index in [1.165, 1.54) is 25.7 Å². The topological polar surface area (TPSA) is 0 Å². The smallest absolute Gasteiger partial charge is 0.0299 e. The average molecular weight is 281 g/mol. The lowest BCUT2D eigenvalue weighted by molar-refractivity contribution is 0.134. The molecule has 0 aliphatic heterocycles. The summed E-state index contributed by atoms with van der Waals surface area (Å²) < 4.78 is 0. The van der Waals surface area contributed by atoms with Gasteiger partial charge in [-0.15, -0.1) is 0 Å². The molecule has 0 bridgehead atoms. The first-order chi connectivity index (χ1) is 8.62. The zero-order valence-electron chi connectivity index (χ0n) is 16.0. The largest absolute Gasteiger partial charge is 0.0880 e. The highest BCUT2D eigenvalue weighted by molar-refractivity contribution is 4.92. The van der Waals surface area contributed by atoms with Gasteiger partial charge in [0.05, 0.1) is 0 Å². The van der Waals surface area contributed by atoms with Gasteiger partial charge >= 0.3 is 0 Å². The maximum Gasteiger partial charge on any atom is -0.0299 e. The molecule has 0 radical (unpaired) electrons. The van der Waals surface area contributed by atoms with Gasteiger partial charge < -0.3 is 0 Å². The molecule has 0 rings (SSSR count). The van der Waals surface area contributed by atoms with Gasteiger partial charge in [-0.3, -0.25) is 0 Å². The lowest BCUT2D eigenvalue weighted by Gasteiger charge is -2.38. The van der Waals surface area contributed by atoms with E-state index in [2.05, 4.69) is 81.4 Å². The summed E-state index contributed by atoms with van der Waals surface area (Å²) in [6, 6.07) is 0. The van der Waals surface area contributed by atoms with Crippen LogP contribution >= 0.6 is 0 Å². The van der Waals surface area contributed by atoms with Crippen LogP contribution in [-0.2, 0) is 0 Å². The Morgan fingerprint density at radius 2 is 0.950 bits per heavy atom. The Morgan fingerprint density at radius 1 is 0.500 bits per heavy atom. The van der Waals surface area contributed by atoms with Gasteiger partial charge in [-0.1, -0.05) is 81.4 Å². The first kappa shape index (κ1) is 19.7. The van der Waals surface area contributed by atoms with E-state index >= 15 is 0 Å². The Morgan fingerprint density at radius 3 is 1.35 bits per heavy atom. The van der Waals surface area contributed by atoms with Crippen molar-refractivity contribution in [3.05, 3.63) is 12.2 Å². The SMILES string of the molecule is CC(C)(C)C/C=C/CC(C)(C)CC(C)(C)CC(C)(C)C. The molecule has 0 heterocycles. The standard InChI is InChI=1S/C20H40/c1-17(2,3)13-11-12-14-19(7,8)16-20(9,10)15-18(4,5)6/h11-12H,13-16H2,1-10H3/b12-11+. The molecule has 0 saturated carbocycles. The van der Waals surface area contributed by atoms with Crippen molar-refractivity contribution in [1.82, 2.24) is 0 Å². The summed E-state index contributed by atoms with van der Waals surface area (Å²) in [7, 11) is 0. The molecular formula is C20H40. The number of hydrogen-bond acceptors (Lipinski definition) is 0. The van der Waals surface area contributed by atoms with Crippen LogP contribution in [0.2, 0.25) is 0 Å². The fourth-order valence-corrected chi connectivity index (χ4v) is 3.71. The van der Waals surface area contributed by atoms with Gasteiger partial charge in [-0.2, -0.15) is 0 Å². The molecule has 120 valence electrons. The first-order valence-electron chi connectivity index (χ1n) is 8.27. The minimum Gasteiger partial charge on any atom is -0.0880 e. The Bertz CT molecular complexity index is 302. The Hall–Kier alpha value is -0.260. The van der Waals surface area contributed by atoms with Gasteiger partial charge in [0.15, 0.2) is 0 Å². The molecule has 0 heteroatoms. The van der Waals surface area contributed by atoms with Crippen molar-refractivity contribution < 1.29 is 0 Å². The Labute approximate surface area is 129 Å². The molecule has 0 aromatic heterocycles. The average Bonchev–Trinajstić information content (AvgIpc) is 2.04. The fourth-order valence-electron chi connectivity index (χ4n) is 3.71. The third-order valence-corrected chi connectivity index (χ3v) is 3.53. The van der Waals surface area contributed by atoms with E-state index in [9.17, 15) is 0 Å². The van der Waals surface area contributed by atoms with Gasteiger partial charge in [-0.25, -0.2) is 0 Å². The maximum absolute atomic E-state index is 2.43. The molecular weight excluding hydrogens is 240 g/mol. The van der Waals surface area contributed by atoms with Crippen molar-refractivity contribution in [2.75, 3.05) is 0 Å². The van der Waals surface area contributed by atoms with E-state index in [1.54, 1.807) is 0 Å². The summed E-state index contributed by atoms with van der Waals surface area (Å²) in [6.45, 7) is 23.6. The van der Waals surface area contributed by atoms with Crippen molar-refractivity contribution in [3.8, 4) is 0 Å². The van der Waals surface area contributed by atoms with Crippen LogP contribution in [0.5, 0.6) is 0 Å². The highest BCUT2D eigenvalue weighted by Gasteiger charge is 2.31. The van der Waals surface area contributed by atoms with Crippen molar-refractivity contribution >= 4 is 0 Å². The monoisotopic (exact) mass is 280 g/mol. The number of hydrogen-bond donors (Lipinski definition) is 0. The van der Waals surface area contributed by atoms with Crippen LogP contribution < -0.4 is 0 Å². The van der Waals surface area contributed by atoms with Gasteiger partial charge in [0.25, 0.3) is 0 Å². The minimum absolute atomic E-state index is 0.392. The molecule has 0 amide bonds. The van der Waals surface area contributed by atoms with Gasteiger partial charge in [-0.05, 0) is 47.3 Å². The Balaban J connectivity index is 4.44. The summed E-state index contributed by atoms with van der Waals surface area (Å²) in [5, 5.41) is 0. The minimum atomic E-state index is 0.392. The van der Waals surface area contributed by atoms with Crippen LogP contribution in [0, 0.1) is 21.7 Å².